The van der Waals surface area contributed by atoms with Gasteiger partial charge in [0.15, 0.2) is 0 Å². The van der Waals surface area contributed by atoms with E-state index in [4.69, 9.17) is 0 Å². The van der Waals surface area contributed by atoms with Gasteiger partial charge in [0.1, 0.15) is 0 Å². The molecular weight excluding hydrogens is 413 g/mol. The summed E-state index contributed by atoms with van der Waals surface area (Å²) in [5.74, 6) is 2.12. The van der Waals surface area contributed by atoms with E-state index in [1.54, 1.807) is 0 Å². The Morgan fingerprint density at radius 2 is 2.00 bits per heavy atom. The molecule has 3 heterocycles. The molecule has 3 saturated heterocycles. The van der Waals surface area contributed by atoms with Crippen molar-refractivity contribution in [2.75, 3.05) is 19.7 Å². The Bertz CT molecular complexity index is 640. The molecule has 1 aromatic carbocycles. The number of halogens is 1. The summed E-state index contributed by atoms with van der Waals surface area (Å²) in [6.07, 6.45) is 4.85. The second-order valence-electron chi connectivity index (χ2n) is 8.18. The van der Waals surface area contributed by atoms with Gasteiger partial charge in [-0.2, -0.15) is 0 Å². The van der Waals surface area contributed by atoms with Crippen molar-refractivity contribution < 1.29 is 31.1 Å². The molecule has 2 saturated carbocycles. The molecule has 3 aliphatic heterocycles. The first-order valence-corrected chi connectivity index (χ1v) is 11.8. The average molecular weight is 438 g/mol. The van der Waals surface area contributed by atoms with Crippen molar-refractivity contribution in [1.82, 2.24) is 4.90 Å². The van der Waals surface area contributed by atoms with Crippen LogP contribution in [0.25, 0.3) is 0 Å². The third-order valence-electron chi connectivity index (χ3n) is 7.05. The first kappa shape index (κ1) is 15.6. The van der Waals surface area contributed by atoms with Gasteiger partial charge < -0.3 is 0 Å². The number of amides is 1. The minimum absolute atomic E-state index is 0.111. The number of rotatable bonds is 4. The fourth-order valence-electron chi connectivity index (χ4n) is 5.91. The van der Waals surface area contributed by atoms with Gasteiger partial charge in [0.2, 0.25) is 0 Å². The van der Waals surface area contributed by atoms with Gasteiger partial charge in [-0.1, -0.05) is 0 Å². The van der Waals surface area contributed by atoms with Gasteiger partial charge in [-0.15, -0.1) is 0 Å². The van der Waals surface area contributed by atoms with Gasteiger partial charge in [-0.3, -0.25) is 0 Å². The molecule has 3 nitrogen and oxygen atoms in total. The molecular formula is C20H25INO2-. The normalized spacial score (nSPS) is 40.5. The maximum absolute atomic E-state index is 13.0. The van der Waals surface area contributed by atoms with Crippen LogP contribution in [0.1, 0.15) is 31.2 Å². The molecule has 5 aliphatic rings. The van der Waals surface area contributed by atoms with Gasteiger partial charge in [0.25, 0.3) is 0 Å². The Morgan fingerprint density at radius 3 is 2.71 bits per heavy atom. The Labute approximate surface area is 154 Å². The van der Waals surface area contributed by atoms with E-state index >= 15 is 0 Å². The van der Waals surface area contributed by atoms with Crippen LogP contribution in [0, 0.1) is 17.8 Å². The molecule has 1 N–H and O–H groups in total. The monoisotopic (exact) mass is 438 g/mol. The summed E-state index contributed by atoms with van der Waals surface area (Å²) in [6.45, 7) is 1.73. The number of likely N-dealkylation sites (tertiary alicyclic amines) is 1. The third-order valence-corrected chi connectivity index (χ3v) is 11.4. The summed E-state index contributed by atoms with van der Waals surface area (Å²) in [7, 11) is 0. The van der Waals surface area contributed by atoms with Crippen molar-refractivity contribution in [2.45, 2.75) is 38.9 Å². The minimum atomic E-state index is 0.111. The molecule has 1 aromatic rings. The van der Waals surface area contributed by atoms with E-state index in [1.807, 2.05) is 4.90 Å². The molecule has 5 fully saturated rings. The van der Waals surface area contributed by atoms with Crippen molar-refractivity contribution in [1.29, 1.82) is 0 Å². The molecule has 6 rings (SSSR count). The number of carbonyl (C=O) groups is 1. The van der Waals surface area contributed by atoms with Crippen molar-refractivity contribution >= 4 is 5.91 Å². The van der Waals surface area contributed by atoms with Crippen molar-refractivity contribution in [2.24, 2.45) is 17.8 Å². The zero-order valence-electron chi connectivity index (χ0n) is 13.9. The van der Waals surface area contributed by atoms with Crippen LogP contribution in [-0.4, -0.2) is 43.5 Å². The fourth-order valence-corrected chi connectivity index (χ4v) is 11.3. The zero-order valence-corrected chi connectivity index (χ0v) is 16.1. The van der Waals surface area contributed by atoms with Crippen LogP contribution in [0.3, 0.4) is 0 Å². The van der Waals surface area contributed by atoms with Crippen LogP contribution in [0.5, 0.6) is 0 Å². The second kappa shape index (κ2) is 5.70. The summed E-state index contributed by atoms with van der Waals surface area (Å²) < 4.78 is 1.99. The number of hydrogen-bond acceptors (Lipinski definition) is 2. The van der Waals surface area contributed by atoms with E-state index in [0.29, 0.717) is 39.5 Å². The Kier molecular flexibility index (Phi) is 3.71. The number of alkyl halides is 2. The van der Waals surface area contributed by atoms with Crippen LogP contribution in [0.4, 0.5) is 0 Å². The summed E-state index contributed by atoms with van der Waals surface area (Å²) >= 11 is 0.351. The molecule has 0 radical (unpaired) electrons. The molecule has 4 heteroatoms. The van der Waals surface area contributed by atoms with Gasteiger partial charge in [-0.25, -0.2) is 0 Å². The number of aliphatic hydroxyl groups excluding tert-OH is 1. The predicted molar refractivity (Wildman–Crippen MR) is 88.3 cm³/mol. The summed E-state index contributed by atoms with van der Waals surface area (Å²) in [4.78, 5) is 15.0. The predicted octanol–water partition coefficient (Wildman–Crippen LogP) is -0.965. The second-order valence-corrected chi connectivity index (χ2v) is 12.3. The molecule has 5 atom stereocenters. The van der Waals surface area contributed by atoms with Crippen LogP contribution < -0.4 is 21.2 Å². The number of aliphatic hydroxyl groups is 1. The molecule has 1 amide bonds. The molecule has 2 aliphatic carbocycles. The van der Waals surface area contributed by atoms with Crippen molar-refractivity contribution in [3.8, 4) is 0 Å². The number of benzene rings is 1. The van der Waals surface area contributed by atoms with Gasteiger partial charge in [0.05, 0.1) is 0 Å². The Hall–Kier alpha value is -0.620. The maximum atomic E-state index is 13.0. The molecule has 5 unspecified atom stereocenters. The third kappa shape index (κ3) is 2.14. The first-order valence-electron chi connectivity index (χ1n) is 9.27. The van der Waals surface area contributed by atoms with E-state index in [0.717, 1.165) is 32.8 Å². The topological polar surface area (TPSA) is 40.5 Å². The van der Waals surface area contributed by atoms with E-state index in [9.17, 15) is 9.90 Å². The summed E-state index contributed by atoms with van der Waals surface area (Å²) in [5.41, 5.74) is 1.54. The van der Waals surface area contributed by atoms with Gasteiger partial charge in [0, 0.05) is 0 Å². The van der Waals surface area contributed by atoms with Crippen LogP contribution in [0.15, 0.2) is 30.3 Å². The summed E-state index contributed by atoms with van der Waals surface area (Å²) in [6, 6.07) is 11.0. The fraction of sp³-hybridized carbons (Fsp3) is 0.650. The van der Waals surface area contributed by atoms with Crippen LogP contribution >= 0.6 is 0 Å². The van der Waals surface area contributed by atoms with E-state index in [2.05, 4.69) is 30.3 Å². The zero-order chi connectivity index (χ0) is 16.3. The van der Waals surface area contributed by atoms with E-state index in [1.165, 1.54) is 24.8 Å². The molecule has 0 spiro atoms. The SMILES string of the molecule is O=C(CC1(c2ccccc2)C2CC3CC1C(C2)[I-]3)N1CC(CO)C1. The quantitative estimate of drug-likeness (QED) is 0.486. The van der Waals surface area contributed by atoms with Crippen molar-refractivity contribution in [3.05, 3.63) is 35.9 Å². The van der Waals surface area contributed by atoms with E-state index < -0.39 is 0 Å². The molecule has 4 bridgehead atoms. The standard InChI is InChI=1S/C20H25INO2/c23-12-13-10-22(11-13)19(24)9-20(14-4-2-1-3-5-14)15-6-16-8-17(20)18(7-15)21-16/h1-5,13,15-18,23H,6-12H2/q-1. The molecule has 0 aromatic heterocycles. The van der Waals surface area contributed by atoms with Crippen LogP contribution in [-0.2, 0) is 10.2 Å². The number of carbonyl (C=O) groups excluding carboxylic acids is 1. The average Bonchev–Trinajstić information content (AvgIpc) is 2.96. The molecule has 24 heavy (non-hydrogen) atoms. The van der Waals surface area contributed by atoms with Crippen molar-refractivity contribution in [3.63, 3.8) is 0 Å². The van der Waals surface area contributed by atoms with Crippen LogP contribution in [0.2, 0.25) is 0 Å². The van der Waals surface area contributed by atoms with E-state index in [-0.39, 0.29) is 12.0 Å². The van der Waals surface area contributed by atoms with Gasteiger partial charge >= 0.3 is 154 Å². The van der Waals surface area contributed by atoms with Gasteiger partial charge in [-0.05, 0) is 0 Å². The summed E-state index contributed by atoms with van der Waals surface area (Å²) in [5, 5.41) is 9.24. The number of nitrogens with zero attached hydrogens (tertiary/aromatic N) is 1. The Morgan fingerprint density at radius 1 is 1.21 bits per heavy atom. The molecule has 130 valence electrons. The first-order chi connectivity index (χ1) is 11.7. The number of hydrogen-bond donors (Lipinski definition) is 1. The Balaban J connectivity index is 1.47.